The van der Waals surface area contributed by atoms with Gasteiger partial charge in [-0.2, -0.15) is 0 Å². The standard InChI is InChI=1S/C12H17IN2/c1-8(2)9-6-14-11-4-3-10(13)5-12(11)15-7-9/h3-5,8-9,14-15H,6-7H2,1-2H3. The van der Waals surface area contributed by atoms with Gasteiger partial charge in [0.15, 0.2) is 0 Å². The van der Waals surface area contributed by atoms with Crippen LogP contribution in [-0.2, 0) is 0 Å². The summed E-state index contributed by atoms with van der Waals surface area (Å²) < 4.78 is 1.28. The highest BCUT2D eigenvalue weighted by atomic mass is 127. The molecule has 1 unspecified atom stereocenters. The summed E-state index contributed by atoms with van der Waals surface area (Å²) in [7, 11) is 0. The molecule has 1 aliphatic rings. The highest BCUT2D eigenvalue weighted by Gasteiger charge is 2.17. The van der Waals surface area contributed by atoms with Crippen LogP contribution in [0.1, 0.15) is 13.8 Å². The summed E-state index contributed by atoms with van der Waals surface area (Å²) in [5.74, 6) is 1.42. The molecule has 1 aromatic rings. The van der Waals surface area contributed by atoms with Gasteiger partial charge in [-0.1, -0.05) is 13.8 Å². The maximum atomic E-state index is 3.53. The van der Waals surface area contributed by atoms with E-state index in [0.29, 0.717) is 5.92 Å². The monoisotopic (exact) mass is 316 g/mol. The Morgan fingerprint density at radius 2 is 1.87 bits per heavy atom. The van der Waals surface area contributed by atoms with Crippen molar-refractivity contribution in [2.45, 2.75) is 13.8 Å². The third-order valence-electron chi connectivity index (χ3n) is 3.03. The number of hydrogen-bond donors (Lipinski definition) is 2. The van der Waals surface area contributed by atoms with E-state index in [4.69, 9.17) is 0 Å². The van der Waals surface area contributed by atoms with E-state index in [2.05, 4.69) is 65.3 Å². The van der Waals surface area contributed by atoms with Crippen LogP contribution in [0.15, 0.2) is 18.2 Å². The van der Waals surface area contributed by atoms with Crippen molar-refractivity contribution >= 4 is 34.0 Å². The molecule has 1 aliphatic heterocycles. The number of rotatable bonds is 1. The van der Waals surface area contributed by atoms with Crippen LogP contribution in [0.3, 0.4) is 0 Å². The molecule has 2 nitrogen and oxygen atoms in total. The first-order valence-electron chi connectivity index (χ1n) is 5.44. The van der Waals surface area contributed by atoms with Gasteiger partial charge >= 0.3 is 0 Å². The van der Waals surface area contributed by atoms with Gasteiger partial charge in [-0.05, 0) is 52.6 Å². The largest absolute Gasteiger partial charge is 0.383 e. The normalized spacial score (nSPS) is 20.1. The molecule has 0 radical (unpaired) electrons. The van der Waals surface area contributed by atoms with E-state index in [1.165, 1.54) is 14.9 Å². The first-order chi connectivity index (χ1) is 7.16. The van der Waals surface area contributed by atoms with Crippen LogP contribution < -0.4 is 10.6 Å². The number of anilines is 2. The predicted molar refractivity (Wildman–Crippen MR) is 74.5 cm³/mol. The third kappa shape index (κ3) is 2.56. The lowest BCUT2D eigenvalue weighted by Gasteiger charge is -2.18. The van der Waals surface area contributed by atoms with Crippen molar-refractivity contribution in [1.82, 2.24) is 0 Å². The fraction of sp³-hybridized carbons (Fsp3) is 0.500. The van der Waals surface area contributed by atoms with Crippen LogP contribution >= 0.6 is 22.6 Å². The molecule has 0 saturated carbocycles. The molecule has 82 valence electrons. The minimum Gasteiger partial charge on any atom is -0.383 e. The smallest absolute Gasteiger partial charge is 0.0586 e. The Bertz CT molecular complexity index is 349. The molecule has 15 heavy (non-hydrogen) atoms. The SMILES string of the molecule is CC(C)C1CNc2ccc(I)cc2NC1. The fourth-order valence-electron chi connectivity index (χ4n) is 1.84. The van der Waals surface area contributed by atoms with E-state index in [-0.39, 0.29) is 0 Å². The summed E-state index contributed by atoms with van der Waals surface area (Å²) in [5, 5.41) is 7.05. The van der Waals surface area contributed by atoms with Crippen molar-refractivity contribution in [3.8, 4) is 0 Å². The maximum absolute atomic E-state index is 3.53. The molecule has 0 amide bonds. The van der Waals surface area contributed by atoms with Gasteiger partial charge in [-0.25, -0.2) is 0 Å². The van der Waals surface area contributed by atoms with E-state index in [0.717, 1.165) is 19.0 Å². The number of hydrogen-bond acceptors (Lipinski definition) is 2. The third-order valence-corrected chi connectivity index (χ3v) is 3.70. The second-order valence-corrected chi connectivity index (χ2v) is 5.70. The summed E-state index contributed by atoms with van der Waals surface area (Å²) in [6.45, 7) is 6.71. The van der Waals surface area contributed by atoms with Crippen LogP contribution in [0.4, 0.5) is 11.4 Å². The van der Waals surface area contributed by atoms with Crippen LogP contribution in [-0.4, -0.2) is 13.1 Å². The molecular weight excluding hydrogens is 299 g/mol. The molecule has 0 aliphatic carbocycles. The maximum Gasteiger partial charge on any atom is 0.0586 e. The first-order valence-corrected chi connectivity index (χ1v) is 6.52. The highest BCUT2D eigenvalue weighted by Crippen LogP contribution is 2.28. The molecule has 0 saturated heterocycles. The van der Waals surface area contributed by atoms with Crippen molar-refractivity contribution in [1.29, 1.82) is 0 Å². The zero-order valence-electron chi connectivity index (χ0n) is 9.18. The van der Waals surface area contributed by atoms with Crippen LogP contribution in [0, 0.1) is 15.4 Å². The van der Waals surface area contributed by atoms with Gasteiger partial charge in [0.2, 0.25) is 0 Å². The second kappa shape index (κ2) is 4.60. The Morgan fingerprint density at radius 1 is 1.20 bits per heavy atom. The Balaban J connectivity index is 2.18. The Labute approximate surface area is 105 Å². The van der Waals surface area contributed by atoms with E-state index >= 15 is 0 Å². The molecule has 1 atom stereocenters. The van der Waals surface area contributed by atoms with Gasteiger partial charge in [-0.3, -0.25) is 0 Å². The molecule has 2 N–H and O–H groups in total. The van der Waals surface area contributed by atoms with Crippen LogP contribution in [0.25, 0.3) is 0 Å². The van der Waals surface area contributed by atoms with Gasteiger partial charge in [0.25, 0.3) is 0 Å². The average Bonchev–Trinajstić information content (AvgIpc) is 2.39. The summed E-state index contributed by atoms with van der Waals surface area (Å²) in [5.41, 5.74) is 2.48. The van der Waals surface area contributed by atoms with Crippen LogP contribution in [0.5, 0.6) is 0 Å². The zero-order chi connectivity index (χ0) is 10.8. The Morgan fingerprint density at radius 3 is 2.53 bits per heavy atom. The molecule has 1 aromatic carbocycles. The van der Waals surface area contributed by atoms with E-state index in [1.54, 1.807) is 0 Å². The molecular formula is C12H17IN2. The van der Waals surface area contributed by atoms with Gasteiger partial charge in [0, 0.05) is 16.7 Å². The average molecular weight is 316 g/mol. The van der Waals surface area contributed by atoms with E-state index in [9.17, 15) is 0 Å². The quantitative estimate of drug-likeness (QED) is 0.776. The molecule has 0 fully saturated rings. The topological polar surface area (TPSA) is 24.1 Å². The molecule has 0 spiro atoms. The lowest BCUT2D eigenvalue weighted by atomic mass is 9.96. The van der Waals surface area contributed by atoms with Crippen molar-refractivity contribution in [3.63, 3.8) is 0 Å². The van der Waals surface area contributed by atoms with E-state index < -0.39 is 0 Å². The van der Waals surface area contributed by atoms with Gasteiger partial charge in [0.05, 0.1) is 11.4 Å². The molecule has 0 bridgehead atoms. The first kappa shape index (κ1) is 11.0. The number of nitrogens with one attached hydrogen (secondary N) is 2. The zero-order valence-corrected chi connectivity index (χ0v) is 11.3. The summed E-state index contributed by atoms with van der Waals surface area (Å²) >= 11 is 2.35. The number of fused-ring (bicyclic) bond motifs is 1. The summed E-state index contributed by atoms with van der Waals surface area (Å²) in [4.78, 5) is 0. The Kier molecular flexibility index (Phi) is 3.38. The number of benzene rings is 1. The van der Waals surface area contributed by atoms with Crippen molar-refractivity contribution in [2.75, 3.05) is 23.7 Å². The predicted octanol–water partition coefficient (Wildman–Crippen LogP) is 3.40. The fourth-order valence-corrected chi connectivity index (χ4v) is 2.33. The minimum atomic E-state index is 0.704. The molecule has 3 heteroatoms. The molecule has 1 heterocycles. The van der Waals surface area contributed by atoms with Crippen LogP contribution in [0.2, 0.25) is 0 Å². The van der Waals surface area contributed by atoms with Crippen molar-refractivity contribution in [3.05, 3.63) is 21.8 Å². The van der Waals surface area contributed by atoms with Gasteiger partial charge in [0.1, 0.15) is 0 Å². The van der Waals surface area contributed by atoms with E-state index in [1.807, 2.05) is 0 Å². The molecule has 0 aromatic heterocycles. The summed E-state index contributed by atoms with van der Waals surface area (Å²) in [6.07, 6.45) is 0. The van der Waals surface area contributed by atoms with Crippen molar-refractivity contribution < 1.29 is 0 Å². The number of halogens is 1. The van der Waals surface area contributed by atoms with Gasteiger partial charge < -0.3 is 10.6 Å². The van der Waals surface area contributed by atoms with Gasteiger partial charge in [-0.15, -0.1) is 0 Å². The van der Waals surface area contributed by atoms with Crippen molar-refractivity contribution in [2.24, 2.45) is 11.8 Å². The highest BCUT2D eigenvalue weighted by molar-refractivity contribution is 14.1. The lowest BCUT2D eigenvalue weighted by Crippen LogP contribution is -2.23. The summed E-state index contributed by atoms with van der Waals surface area (Å²) in [6, 6.07) is 6.50. The Hall–Kier alpha value is -0.450. The minimum absolute atomic E-state index is 0.704. The lowest BCUT2D eigenvalue weighted by molar-refractivity contribution is 0.426. The second-order valence-electron chi connectivity index (χ2n) is 4.46. The molecule has 2 rings (SSSR count).